The molecule has 0 atom stereocenters. The van der Waals surface area contributed by atoms with Crippen molar-refractivity contribution in [3.63, 3.8) is 0 Å². The van der Waals surface area contributed by atoms with E-state index in [0.717, 1.165) is 6.54 Å². The predicted molar refractivity (Wildman–Crippen MR) is 40.0 cm³/mol. The van der Waals surface area contributed by atoms with E-state index in [9.17, 15) is 4.79 Å². The molecule has 0 fully saturated rings. The van der Waals surface area contributed by atoms with Crippen molar-refractivity contribution >= 4 is 5.97 Å². The van der Waals surface area contributed by atoms with Crippen LogP contribution in [0.2, 0.25) is 0 Å². The van der Waals surface area contributed by atoms with E-state index in [4.69, 9.17) is 5.11 Å². The van der Waals surface area contributed by atoms with E-state index in [1.54, 1.807) is 0 Å². The van der Waals surface area contributed by atoms with Crippen LogP contribution in [0.5, 0.6) is 0 Å². The molecule has 0 heterocycles. The van der Waals surface area contributed by atoms with Crippen molar-refractivity contribution in [2.75, 3.05) is 6.54 Å². The molecule has 0 saturated carbocycles. The summed E-state index contributed by atoms with van der Waals surface area (Å²) < 4.78 is 0. The van der Waals surface area contributed by atoms with Gasteiger partial charge in [-0.2, -0.15) is 0 Å². The number of aliphatic carboxylic acids is 1. The van der Waals surface area contributed by atoms with Gasteiger partial charge in [0.05, 0.1) is 6.42 Å². The van der Waals surface area contributed by atoms with Crippen molar-refractivity contribution in [2.24, 2.45) is 0 Å². The Morgan fingerprint density at radius 3 is 2.40 bits per heavy atom. The molecule has 0 amide bonds. The summed E-state index contributed by atoms with van der Waals surface area (Å²) in [6, 6.07) is 0. The number of carboxylic acid groups (broad SMARTS) is 1. The van der Waals surface area contributed by atoms with E-state index in [0.29, 0.717) is 0 Å². The lowest BCUT2D eigenvalue weighted by molar-refractivity contribution is -0.138. The number of nitrogens with one attached hydrogen (secondary N) is 1. The van der Waals surface area contributed by atoms with Gasteiger partial charge in [0.1, 0.15) is 0 Å². The average molecular weight is 145 g/mol. The molecule has 0 aromatic heterocycles. The molecule has 10 heavy (non-hydrogen) atoms. The van der Waals surface area contributed by atoms with Crippen LogP contribution in [-0.4, -0.2) is 23.2 Å². The van der Waals surface area contributed by atoms with E-state index < -0.39 is 5.97 Å². The van der Waals surface area contributed by atoms with Crippen molar-refractivity contribution in [3.8, 4) is 0 Å². The minimum Gasteiger partial charge on any atom is -0.481 e. The van der Waals surface area contributed by atoms with Crippen molar-refractivity contribution in [3.05, 3.63) is 0 Å². The molecule has 0 rings (SSSR count). The van der Waals surface area contributed by atoms with Crippen LogP contribution in [0.25, 0.3) is 0 Å². The average Bonchev–Trinajstić information content (AvgIpc) is 1.59. The summed E-state index contributed by atoms with van der Waals surface area (Å²) in [5.41, 5.74) is -0.277. The molecular weight excluding hydrogens is 130 g/mol. The predicted octanol–water partition coefficient (Wildman–Crippen LogP) is 0.849. The van der Waals surface area contributed by atoms with Gasteiger partial charge in [0.2, 0.25) is 0 Å². The van der Waals surface area contributed by atoms with E-state index in [1.165, 1.54) is 0 Å². The second-order valence-corrected chi connectivity index (χ2v) is 2.98. The molecule has 0 aliphatic heterocycles. The molecule has 0 spiro atoms. The van der Waals surface area contributed by atoms with Crippen molar-refractivity contribution < 1.29 is 9.90 Å². The third-order valence-electron chi connectivity index (χ3n) is 1.25. The van der Waals surface area contributed by atoms with Crippen molar-refractivity contribution in [1.82, 2.24) is 5.32 Å². The van der Waals surface area contributed by atoms with Gasteiger partial charge < -0.3 is 10.4 Å². The van der Waals surface area contributed by atoms with Crippen LogP contribution in [0.4, 0.5) is 0 Å². The molecule has 60 valence electrons. The quantitative estimate of drug-likeness (QED) is 0.616. The third-order valence-corrected chi connectivity index (χ3v) is 1.25. The van der Waals surface area contributed by atoms with Crippen LogP contribution in [0.3, 0.4) is 0 Å². The molecule has 3 heteroatoms. The number of hydrogen-bond donors (Lipinski definition) is 2. The largest absolute Gasteiger partial charge is 0.481 e. The van der Waals surface area contributed by atoms with E-state index in [-0.39, 0.29) is 12.0 Å². The van der Waals surface area contributed by atoms with Gasteiger partial charge in [-0.3, -0.25) is 4.79 Å². The van der Waals surface area contributed by atoms with Crippen molar-refractivity contribution in [2.45, 2.75) is 32.7 Å². The fourth-order valence-corrected chi connectivity index (χ4v) is 0.919. The highest BCUT2D eigenvalue weighted by Gasteiger charge is 2.19. The van der Waals surface area contributed by atoms with Gasteiger partial charge in [0.15, 0.2) is 0 Å². The zero-order valence-corrected chi connectivity index (χ0v) is 6.77. The number of rotatable bonds is 4. The molecule has 0 aromatic rings. The Morgan fingerprint density at radius 1 is 1.60 bits per heavy atom. The second kappa shape index (κ2) is 3.56. The first-order valence-electron chi connectivity index (χ1n) is 3.45. The first-order chi connectivity index (χ1) is 4.48. The zero-order valence-electron chi connectivity index (χ0n) is 6.77. The standard InChI is InChI=1S/C7H15NO2/c1-4-8-7(2,3)5-6(9)10/h8H,4-5H2,1-3H3,(H,9,10). The fourth-order valence-electron chi connectivity index (χ4n) is 0.919. The van der Waals surface area contributed by atoms with Crippen LogP contribution >= 0.6 is 0 Å². The van der Waals surface area contributed by atoms with Gasteiger partial charge in [0.25, 0.3) is 0 Å². The van der Waals surface area contributed by atoms with Crippen molar-refractivity contribution in [1.29, 1.82) is 0 Å². The van der Waals surface area contributed by atoms with Gasteiger partial charge in [-0.1, -0.05) is 6.92 Å². The smallest absolute Gasteiger partial charge is 0.305 e. The zero-order chi connectivity index (χ0) is 8.20. The molecule has 0 unspecified atom stereocenters. The highest BCUT2D eigenvalue weighted by Crippen LogP contribution is 2.06. The Kier molecular flexibility index (Phi) is 3.36. The van der Waals surface area contributed by atoms with E-state index in [2.05, 4.69) is 5.32 Å². The molecule has 0 radical (unpaired) electrons. The van der Waals surface area contributed by atoms with Crippen LogP contribution in [-0.2, 0) is 4.79 Å². The highest BCUT2D eigenvalue weighted by molar-refractivity contribution is 5.68. The minimum absolute atomic E-state index is 0.167. The third kappa shape index (κ3) is 4.32. The van der Waals surface area contributed by atoms with Gasteiger partial charge in [-0.15, -0.1) is 0 Å². The van der Waals surface area contributed by atoms with Crippen LogP contribution in [0.1, 0.15) is 27.2 Å². The molecule has 2 N–H and O–H groups in total. The van der Waals surface area contributed by atoms with E-state index in [1.807, 2.05) is 20.8 Å². The van der Waals surface area contributed by atoms with E-state index >= 15 is 0 Å². The first kappa shape index (κ1) is 9.43. The number of carbonyl (C=O) groups is 1. The van der Waals surface area contributed by atoms with Gasteiger partial charge in [0, 0.05) is 5.54 Å². The summed E-state index contributed by atoms with van der Waals surface area (Å²) >= 11 is 0. The van der Waals surface area contributed by atoms with Crippen LogP contribution in [0, 0.1) is 0 Å². The van der Waals surface area contributed by atoms with Gasteiger partial charge in [-0.25, -0.2) is 0 Å². The minimum atomic E-state index is -0.758. The summed E-state index contributed by atoms with van der Waals surface area (Å²) in [6.45, 7) is 6.53. The Morgan fingerprint density at radius 2 is 2.10 bits per heavy atom. The molecule has 0 aromatic carbocycles. The maximum Gasteiger partial charge on any atom is 0.305 e. The number of carboxylic acids is 1. The Bertz CT molecular complexity index is 121. The normalized spacial score (nSPS) is 11.5. The summed E-state index contributed by atoms with van der Waals surface area (Å²) in [5, 5.41) is 11.5. The number of hydrogen-bond acceptors (Lipinski definition) is 2. The molecule has 3 nitrogen and oxygen atoms in total. The SMILES string of the molecule is CCNC(C)(C)CC(=O)O. The summed E-state index contributed by atoms with van der Waals surface area (Å²) in [4.78, 5) is 10.2. The lowest BCUT2D eigenvalue weighted by atomic mass is 10.0. The fraction of sp³-hybridized carbons (Fsp3) is 0.857. The Balaban J connectivity index is 3.74. The summed E-state index contributed by atoms with van der Waals surface area (Å²) in [7, 11) is 0. The first-order valence-corrected chi connectivity index (χ1v) is 3.45. The monoisotopic (exact) mass is 145 g/mol. The molecule has 0 bridgehead atoms. The molecular formula is C7H15NO2. The molecule has 0 aliphatic rings. The molecule has 0 saturated heterocycles. The maximum absolute atomic E-state index is 10.2. The highest BCUT2D eigenvalue weighted by atomic mass is 16.4. The summed E-state index contributed by atoms with van der Waals surface area (Å²) in [6.07, 6.45) is 0.167. The second-order valence-electron chi connectivity index (χ2n) is 2.98. The van der Waals surface area contributed by atoms with Crippen LogP contribution < -0.4 is 5.32 Å². The summed E-state index contributed by atoms with van der Waals surface area (Å²) in [5.74, 6) is -0.758. The molecule has 0 aliphatic carbocycles. The van der Waals surface area contributed by atoms with Gasteiger partial charge in [-0.05, 0) is 20.4 Å². The Labute approximate surface area is 61.4 Å². The lowest BCUT2D eigenvalue weighted by Crippen LogP contribution is -2.40. The maximum atomic E-state index is 10.2. The Hall–Kier alpha value is -0.570. The lowest BCUT2D eigenvalue weighted by Gasteiger charge is -2.22. The topological polar surface area (TPSA) is 49.3 Å². The van der Waals surface area contributed by atoms with Crippen LogP contribution in [0.15, 0.2) is 0 Å². The van der Waals surface area contributed by atoms with Gasteiger partial charge >= 0.3 is 5.97 Å².